The Balaban J connectivity index is 1.79. The van der Waals surface area contributed by atoms with E-state index in [1.54, 1.807) is 44.2 Å². The monoisotopic (exact) mass is 454 g/mol. The van der Waals surface area contributed by atoms with E-state index in [0.717, 1.165) is 4.90 Å². The molecule has 1 saturated carbocycles. The minimum absolute atomic E-state index is 0.0608. The molecule has 1 aliphatic carbocycles. The maximum atomic E-state index is 13.7. The highest BCUT2D eigenvalue weighted by molar-refractivity contribution is 5.89. The predicted molar refractivity (Wildman–Crippen MR) is 106 cm³/mol. The molecule has 2 aromatic carbocycles. The molecule has 2 N–H and O–H groups in total. The fourth-order valence-corrected chi connectivity index (χ4v) is 3.51. The zero-order chi connectivity index (χ0) is 23.7. The summed E-state index contributed by atoms with van der Waals surface area (Å²) in [5, 5.41) is 9.81. The average molecular weight is 454 g/mol. The lowest BCUT2D eigenvalue weighted by Crippen LogP contribution is -2.54. The SMILES string of the molecule is CC(C)(CN(C(=O)O)C1(c2ccc(F)c(C(F)(F)F)c2)CC1)NOC(=O)c1ccccc1. The zero-order valence-electron chi connectivity index (χ0n) is 17.4. The van der Waals surface area contributed by atoms with Crippen molar-refractivity contribution in [2.45, 2.75) is 43.9 Å². The average Bonchev–Trinajstić information content (AvgIpc) is 3.52. The molecule has 0 radical (unpaired) electrons. The summed E-state index contributed by atoms with van der Waals surface area (Å²) in [6, 6.07) is 10.7. The molecule has 32 heavy (non-hydrogen) atoms. The summed E-state index contributed by atoms with van der Waals surface area (Å²) in [6.07, 6.45) is -5.70. The van der Waals surface area contributed by atoms with Crippen LogP contribution in [0.3, 0.4) is 0 Å². The molecule has 172 valence electrons. The zero-order valence-corrected chi connectivity index (χ0v) is 17.4. The highest BCUT2D eigenvalue weighted by Crippen LogP contribution is 2.52. The Kier molecular flexibility index (Phi) is 6.19. The predicted octanol–water partition coefficient (Wildman–Crippen LogP) is 4.95. The Labute approximate surface area is 181 Å². The van der Waals surface area contributed by atoms with Gasteiger partial charge < -0.3 is 9.94 Å². The van der Waals surface area contributed by atoms with Crippen molar-refractivity contribution in [2.75, 3.05) is 6.54 Å². The normalized spacial score (nSPS) is 15.2. The summed E-state index contributed by atoms with van der Waals surface area (Å²) in [5.41, 5.74) is -0.850. The van der Waals surface area contributed by atoms with Gasteiger partial charge in [0.25, 0.3) is 0 Å². The van der Waals surface area contributed by atoms with Crippen LogP contribution in [0.25, 0.3) is 0 Å². The first-order valence-electron chi connectivity index (χ1n) is 9.77. The Morgan fingerprint density at radius 1 is 1.12 bits per heavy atom. The smallest absolute Gasteiger partial charge is 0.419 e. The van der Waals surface area contributed by atoms with Gasteiger partial charge >= 0.3 is 18.2 Å². The first-order valence-corrected chi connectivity index (χ1v) is 9.77. The van der Waals surface area contributed by atoms with Gasteiger partial charge in [-0.25, -0.2) is 14.0 Å². The van der Waals surface area contributed by atoms with Crippen LogP contribution < -0.4 is 5.48 Å². The van der Waals surface area contributed by atoms with Crippen LogP contribution in [0.2, 0.25) is 0 Å². The summed E-state index contributed by atoms with van der Waals surface area (Å²) < 4.78 is 53.2. The molecule has 0 aromatic heterocycles. The quantitative estimate of drug-likeness (QED) is 0.457. The van der Waals surface area contributed by atoms with Gasteiger partial charge in [-0.05, 0) is 56.5 Å². The Morgan fingerprint density at radius 3 is 2.28 bits per heavy atom. The molecule has 1 amide bonds. The van der Waals surface area contributed by atoms with Crippen LogP contribution in [0.5, 0.6) is 0 Å². The fourth-order valence-electron chi connectivity index (χ4n) is 3.51. The molecule has 1 aliphatic rings. The largest absolute Gasteiger partial charge is 0.465 e. The molecular weight excluding hydrogens is 432 g/mol. The molecule has 0 atom stereocenters. The number of carboxylic acid groups (broad SMARTS) is 1. The van der Waals surface area contributed by atoms with Crippen molar-refractivity contribution >= 4 is 12.1 Å². The maximum absolute atomic E-state index is 13.7. The number of halogens is 4. The molecule has 3 rings (SSSR count). The first-order chi connectivity index (χ1) is 14.9. The number of carbonyl (C=O) groups is 2. The van der Waals surface area contributed by atoms with Gasteiger partial charge in [0.1, 0.15) is 5.82 Å². The Bertz CT molecular complexity index is 1000. The molecule has 1 fully saturated rings. The highest BCUT2D eigenvalue weighted by atomic mass is 19.4. The van der Waals surface area contributed by atoms with Crippen molar-refractivity contribution in [3.8, 4) is 0 Å². The van der Waals surface area contributed by atoms with Crippen LogP contribution in [0.1, 0.15) is 48.2 Å². The molecule has 0 spiro atoms. The summed E-state index contributed by atoms with van der Waals surface area (Å²) in [6.45, 7) is 2.97. The van der Waals surface area contributed by atoms with E-state index in [2.05, 4.69) is 5.48 Å². The number of carbonyl (C=O) groups excluding carboxylic acids is 1. The molecule has 0 bridgehead atoms. The second-order valence-electron chi connectivity index (χ2n) is 8.33. The van der Waals surface area contributed by atoms with Crippen LogP contribution in [0, 0.1) is 5.82 Å². The Morgan fingerprint density at radius 2 is 1.75 bits per heavy atom. The third kappa shape index (κ3) is 5.01. The Hall–Kier alpha value is -3.14. The topological polar surface area (TPSA) is 78.9 Å². The van der Waals surface area contributed by atoms with Crippen molar-refractivity contribution in [3.63, 3.8) is 0 Å². The standard InChI is InChI=1S/C22H22F4N2O4/c1-20(2,27-32-18(29)14-6-4-3-5-7-14)13-28(19(30)31)21(10-11-21)15-8-9-17(23)16(12-15)22(24,25)26/h3-9,12,27H,10-11,13H2,1-2H3,(H,30,31). The minimum Gasteiger partial charge on any atom is -0.465 e. The summed E-state index contributed by atoms with van der Waals surface area (Å²) in [4.78, 5) is 30.3. The van der Waals surface area contributed by atoms with Crippen LogP contribution >= 0.6 is 0 Å². The van der Waals surface area contributed by atoms with Crippen molar-refractivity contribution in [3.05, 3.63) is 71.0 Å². The molecular formula is C22H22F4N2O4. The summed E-state index contributed by atoms with van der Waals surface area (Å²) in [5.74, 6) is -2.09. The summed E-state index contributed by atoms with van der Waals surface area (Å²) in [7, 11) is 0. The van der Waals surface area contributed by atoms with E-state index in [9.17, 15) is 32.3 Å². The third-order valence-electron chi connectivity index (χ3n) is 5.26. The van der Waals surface area contributed by atoms with E-state index < -0.39 is 40.7 Å². The van der Waals surface area contributed by atoms with Crippen LogP contribution in [0.4, 0.5) is 22.4 Å². The van der Waals surface area contributed by atoms with Gasteiger partial charge in [-0.2, -0.15) is 13.2 Å². The van der Waals surface area contributed by atoms with Crippen LogP contribution in [0.15, 0.2) is 48.5 Å². The molecule has 10 heteroatoms. The first kappa shape index (κ1) is 23.5. The number of hydrogen-bond donors (Lipinski definition) is 2. The van der Waals surface area contributed by atoms with Crippen molar-refractivity contribution in [2.24, 2.45) is 0 Å². The number of nitrogens with zero attached hydrogens (tertiary/aromatic N) is 1. The van der Waals surface area contributed by atoms with Gasteiger partial charge in [-0.3, -0.25) is 4.90 Å². The molecule has 0 unspecified atom stereocenters. The molecule has 2 aromatic rings. The van der Waals surface area contributed by atoms with Crippen molar-refractivity contribution in [1.29, 1.82) is 0 Å². The highest BCUT2D eigenvalue weighted by Gasteiger charge is 2.54. The molecule has 0 saturated heterocycles. The van der Waals surface area contributed by atoms with Crippen molar-refractivity contribution in [1.82, 2.24) is 10.4 Å². The summed E-state index contributed by atoms with van der Waals surface area (Å²) >= 11 is 0. The van der Waals surface area contributed by atoms with Crippen LogP contribution in [-0.4, -0.2) is 34.2 Å². The lowest BCUT2D eigenvalue weighted by molar-refractivity contribution is -0.140. The maximum Gasteiger partial charge on any atom is 0.419 e. The van der Waals surface area contributed by atoms with E-state index in [-0.39, 0.29) is 30.5 Å². The van der Waals surface area contributed by atoms with E-state index in [4.69, 9.17) is 4.84 Å². The second kappa shape index (κ2) is 8.42. The van der Waals surface area contributed by atoms with Gasteiger partial charge in [0.15, 0.2) is 0 Å². The third-order valence-corrected chi connectivity index (χ3v) is 5.26. The number of nitrogens with one attached hydrogen (secondary N) is 1. The second-order valence-corrected chi connectivity index (χ2v) is 8.33. The van der Waals surface area contributed by atoms with Gasteiger partial charge in [0.05, 0.1) is 22.2 Å². The van der Waals surface area contributed by atoms with Crippen LogP contribution in [-0.2, 0) is 16.6 Å². The number of hydroxylamine groups is 1. The molecule has 0 aliphatic heterocycles. The molecule has 0 heterocycles. The van der Waals surface area contributed by atoms with E-state index in [1.165, 1.54) is 6.07 Å². The van der Waals surface area contributed by atoms with Gasteiger partial charge in [0.2, 0.25) is 0 Å². The van der Waals surface area contributed by atoms with Gasteiger partial charge in [-0.15, -0.1) is 5.48 Å². The van der Waals surface area contributed by atoms with Gasteiger partial charge in [-0.1, -0.05) is 24.3 Å². The fraction of sp³-hybridized carbons (Fsp3) is 0.364. The number of rotatable bonds is 7. The minimum atomic E-state index is -4.91. The van der Waals surface area contributed by atoms with E-state index >= 15 is 0 Å². The van der Waals surface area contributed by atoms with Crippen molar-refractivity contribution < 1.29 is 37.1 Å². The molecule has 6 nitrogen and oxygen atoms in total. The number of alkyl halides is 3. The number of amides is 1. The van der Waals surface area contributed by atoms with E-state index in [1.807, 2.05) is 0 Å². The lowest BCUT2D eigenvalue weighted by Gasteiger charge is -2.36. The number of hydrogen-bond acceptors (Lipinski definition) is 4. The van der Waals surface area contributed by atoms with Gasteiger partial charge in [0, 0.05) is 6.54 Å². The number of benzene rings is 2. The lowest BCUT2D eigenvalue weighted by atomic mass is 9.97. The van der Waals surface area contributed by atoms with E-state index in [0.29, 0.717) is 12.1 Å².